The fourth-order valence-corrected chi connectivity index (χ4v) is 3.81. The van der Waals surface area contributed by atoms with Crippen LogP contribution in [0.2, 0.25) is 0 Å². The molecule has 2 aromatic heterocycles. The fourth-order valence-electron chi connectivity index (χ4n) is 3.81. The average molecular weight is 242 g/mol. The molecule has 0 aliphatic heterocycles. The molecule has 2 bridgehead atoms. The van der Waals surface area contributed by atoms with Gasteiger partial charge < -0.3 is 10.3 Å². The molecule has 2 heterocycles. The molecular formula is C14H18N4. The third-order valence-corrected chi connectivity index (χ3v) is 4.71. The quantitative estimate of drug-likeness (QED) is 0.851. The molecule has 2 saturated carbocycles. The minimum Gasteiger partial charge on any atom is -0.373 e. The molecule has 0 radical (unpaired) electrons. The Morgan fingerprint density at radius 3 is 2.89 bits per heavy atom. The predicted molar refractivity (Wildman–Crippen MR) is 71.6 cm³/mol. The zero-order valence-electron chi connectivity index (χ0n) is 10.6. The van der Waals surface area contributed by atoms with Crippen LogP contribution in [-0.4, -0.2) is 22.0 Å². The Kier molecular flexibility index (Phi) is 2.13. The zero-order valence-corrected chi connectivity index (χ0v) is 10.6. The highest BCUT2D eigenvalue weighted by Crippen LogP contribution is 2.52. The molecule has 3 unspecified atom stereocenters. The molecule has 0 amide bonds. The second-order valence-corrected chi connectivity index (χ2v) is 5.72. The van der Waals surface area contributed by atoms with Crippen molar-refractivity contribution in [1.82, 2.24) is 15.0 Å². The van der Waals surface area contributed by atoms with Crippen molar-refractivity contribution < 1.29 is 0 Å². The van der Waals surface area contributed by atoms with Crippen molar-refractivity contribution >= 4 is 17.0 Å². The molecule has 4 rings (SSSR count). The van der Waals surface area contributed by atoms with Crippen LogP contribution in [0.15, 0.2) is 12.1 Å². The number of fused-ring (bicyclic) bond motifs is 3. The van der Waals surface area contributed by atoms with E-state index in [0.29, 0.717) is 5.92 Å². The summed E-state index contributed by atoms with van der Waals surface area (Å²) >= 11 is 0. The first-order valence-electron chi connectivity index (χ1n) is 6.88. The largest absolute Gasteiger partial charge is 0.373 e. The number of rotatable bonds is 2. The molecule has 2 N–H and O–H groups in total. The molecule has 94 valence electrons. The number of H-pyrrole nitrogens is 1. The lowest BCUT2D eigenvalue weighted by Gasteiger charge is -2.18. The number of aromatic amines is 1. The van der Waals surface area contributed by atoms with E-state index in [0.717, 1.165) is 34.6 Å². The molecule has 2 aromatic rings. The molecule has 2 fully saturated rings. The van der Waals surface area contributed by atoms with Gasteiger partial charge in [-0.3, -0.25) is 0 Å². The Balaban J connectivity index is 1.73. The van der Waals surface area contributed by atoms with Crippen LogP contribution in [0.4, 0.5) is 5.82 Å². The summed E-state index contributed by atoms with van der Waals surface area (Å²) in [5.74, 6) is 4.51. The number of pyridine rings is 1. The van der Waals surface area contributed by atoms with Gasteiger partial charge in [-0.2, -0.15) is 0 Å². The van der Waals surface area contributed by atoms with Crippen LogP contribution in [-0.2, 0) is 0 Å². The van der Waals surface area contributed by atoms with E-state index in [1.165, 1.54) is 25.7 Å². The number of hydrogen-bond donors (Lipinski definition) is 2. The first-order chi connectivity index (χ1) is 8.83. The smallest absolute Gasteiger partial charge is 0.179 e. The number of imidazole rings is 1. The molecule has 2 aliphatic rings. The summed E-state index contributed by atoms with van der Waals surface area (Å²) in [5, 5.41) is 3.06. The molecule has 2 aliphatic carbocycles. The highest BCUT2D eigenvalue weighted by molar-refractivity contribution is 5.73. The predicted octanol–water partition coefficient (Wildman–Crippen LogP) is 2.90. The number of hydrogen-bond acceptors (Lipinski definition) is 3. The van der Waals surface area contributed by atoms with Crippen molar-refractivity contribution in [2.24, 2.45) is 11.8 Å². The molecule has 0 spiro atoms. The maximum atomic E-state index is 4.72. The van der Waals surface area contributed by atoms with Gasteiger partial charge in [0.2, 0.25) is 0 Å². The third kappa shape index (κ3) is 1.44. The minimum atomic E-state index is 0.649. The van der Waals surface area contributed by atoms with Crippen LogP contribution in [0.5, 0.6) is 0 Å². The van der Waals surface area contributed by atoms with Crippen LogP contribution in [0.1, 0.15) is 37.4 Å². The summed E-state index contributed by atoms with van der Waals surface area (Å²) < 4.78 is 0. The van der Waals surface area contributed by atoms with Gasteiger partial charge in [0.05, 0.1) is 5.52 Å². The zero-order chi connectivity index (χ0) is 12.1. The molecule has 0 saturated heterocycles. The monoisotopic (exact) mass is 242 g/mol. The Labute approximate surface area is 106 Å². The second kappa shape index (κ2) is 3.70. The molecular weight excluding hydrogens is 224 g/mol. The van der Waals surface area contributed by atoms with Gasteiger partial charge in [0.1, 0.15) is 11.6 Å². The van der Waals surface area contributed by atoms with Gasteiger partial charge in [0.15, 0.2) is 5.65 Å². The second-order valence-electron chi connectivity index (χ2n) is 5.72. The number of nitrogens with one attached hydrogen (secondary N) is 2. The SMILES string of the molecule is CNc1ccc2[nH]c(C3CC4CCC3C4)nc2n1. The van der Waals surface area contributed by atoms with E-state index in [-0.39, 0.29) is 0 Å². The maximum Gasteiger partial charge on any atom is 0.179 e. The molecule has 18 heavy (non-hydrogen) atoms. The fraction of sp³-hybridized carbons (Fsp3) is 0.571. The van der Waals surface area contributed by atoms with Crippen LogP contribution >= 0.6 is 0 Å². The first-order valence-corrected chi connectivity index (χ1v) is 6.88. The lowest BCUT2D eigenvalue weighted by Crippen LogP contribution is -2.09. The van der Waals surface area contributed by atoms with E-state index in [2.05, 4.69) is 21.4 Å². The van der Waals surface area contributed by atoms with Crippen molar-refractivity contribution in [2.75, 3.05) is 12.4 Å². The lowest BCUT2D eigenvalue weighted by molar-refractivity contribution is 0.408. The Hall–Kier alpha value is -1.58. The normalized spacial score (nSPS) is 30.2. The van der Waals surface area contributed by atoms with Gasteiger partial charge in [-0.1, -0.05) is 6.42 Å². The average Bonchev–Trinajstić information content (AvgIpc) is 3.11. The third-order valence-electron chi connectivity index (χ3n) is 4.71. The van der Waals surface area contributed by atoms with Crippen molar-refractivity contribution in [3.63, 3.8) is 0 Å². The summed E-state index contributed by atoms with van der Waals surface area (Å²) in [6.45, 7) is 0. The Morgan fingerprint density at radius 2 is 2.17 bits per heavy atom. The van der Waals surface area contributed by atoms with Gasteiger partial charge in [0, 0.05) is 13.0 Å². The number of anilines is 1. The van der Waals surface area contributed by atoms with Gasteiger partial charge in [-0.05, 0) is 43.2 Å². The standard InChI is InChI=1S/C14H18N4/c1-15-12-5-4-11-14(17-12)18-13(16-11)10-7-8-2-3-9(10)6-8/h4-5,8-10H,2-3,6-7H2,1H3,(H2,15,16,17,18). The van der Waals surface area contributed by atoms with Gasteiger partial charge in [-0.15, -0.1) is 0 Å². The van der Waals surface area contributed by atoms with Crippen molar-refractivity contribution in [3.05, 3.63) is 18.0 Å². The molecule has 4 nitrogen and oxygen atoms in total. The topological polar surface area (TPSA) is 53.6 Å². The lowest BCUT2D eigenvalue weighted by atomic mass is 9.88. The molecule has 4 heteroatoms. The van der Waals surface area contributed by atoms with Gasteiger partial charge >= 0.3 is 0 Å². The highest BCUT2D eigenvalue weighted by atomic mass is 15.0. The van der Waals surface area contributed by atoms with Crippen molar-refractivity contribution in [1.29, 1.82) is 0 Å². The summed E-state index contributed by atoms with van der Waals surface area (Å²) in [6, 6.07) is 4.06. The van der Waals surface area contributed by atoms with E-state index in [1.807, 2.05) is 13.1 Å². The van der Waals surface area contributed by atoms with E-state index < -0.39 is 0 Å². The van der Waals surface area contributed by atoms with Crippen LogP contribution in [0.25, 0.3) is 11.2 Å². The molecule has 0 aromatic carbocycles. The number of aromatic nitrogens is 3. The summed E-state index contributed by atoms with van der Waals surface area (Å²) in [4.78, 5) is 12.7. The van der Waals surface area contributed by atoms with Gasteiger partial charge in [-0.25, -0.2) is 9.97 Å². The highest BCUT2D eigenvalue weighted by Gasteiger charge is 2.41. The summed E-state index contributed by atoms with van der Waals surface area (Å²) in [7, 11) is 1.89. The first kappa shape index (κ1) is 10.4. The van der Waals surface area contributed by atoms with Crippen LogP contribution < -0.4 is 5.32 Å². The summed E-state index contributed by atoms with van der Waals surface area (Å²) in [6.07, 6.45) is 5.56. The van der Waals surface area contributed by atoms with E-state index in [1.54, 1.807) is 0 Å². The molecule has 3 atom stereocenters. The maximum absolute atomic E-state index is 4.72. The summed E-state index contributed by atoms with van der Waals surface area (Å²) in [5.41, 5.74) is 1.91. The van der Waals surface area contributed by atoms with Crippen LogP contribution in [0, 0.1) is 11.8 Å². The van der Waals surface area contributed by atoms with E-state index in [9.17, 15) is 0 Å². The Morgan fingerprint density at radius 1 is 1.22 bits per heavy atom. The van der Waals surface area contributed by atoms with Crippen molar-refractivity contribution in [3.8, 4) is 0 Å². The van der Waals surface area contributed by atoms with Gasteiger partial charge in [0.25, 0.3) is 0 Å². The van der Waals surface area contributed by atoms with E-state index in [4.69, 9.17) is 4.98 Å². The number of nitrogens with zero attached hydrogens (tertiary/aromatic N) is 2. The Bertz CT molecular complexity index is 588. The minimum absolute atomic E-state index is 0.649. The van der Waals surface area contributed by atoms with Crippen molar-refractivity contribution in [2.45, 2.75) is 31.6 Å². The van der Waals surface area contributed by atoms with E-state index >= 15 is 0 Å². The van der Waals surface area contributed by atoms with Crippen LogP contribution in [0.3, 0.4) is 0 Å².